The lowest BCUT2D eigenvalue weighted by atomic mass is 9.87. The molecule has 234 valence electrons. The highest BCUT2D eigenvalue weighted by molar-refractivity contribution is 7.19. The van der Waals surface area contributed by atoms with Gasteiger partial charge in [-0.25, -0.2) is 0 Å². The highest BCUT2D eigenvalue weighted by Gasteiger charge is 2.50. The van der Waals surface area contributed by atoms with E-state index in [-0.39, 0.29) is 17.8 Å². The average molecular weight is 635 g/mol. The van der Waals surface area contributed by atoms with Crippen molar-refractivity contribution < 1.29 is 14.7 Å². The molecule has 0 unspecified atom stereocenters. The van der Waals surface area contributed by atoms with Crippen LogP contribution in [0.5, 0.6) is 0 Å². The van der Waals surface area contributed by atoms with Gasteiger partial charge in [-0.05, 0) is 71.0 Å². The first-order chi connectivity index (χ1) is 21.7. The molecular formula is C40H46O3SSi. The summed E-state index contributed by atoms with van der Waals surface area (Å²) in [5.74, 6) is 0.236. The number of rotatable bonds is 14. The molecule has 3 nitrogen and oxygen atoms in total. The summed E-state index contributed by atoms with van der Waals surface area (Å²) in [6.07, 6.45) is 14.0. The van der Waals surface area contributed by atoms with E-state index in [1.165, 1.54) is 15.0 Å². The van der Waals surface area contributed by atoms with Crippen LogP contribution in [0.3, 0.4) is 0 Å². The number of thiophene rings is 1. The summed E-state index contributed by atoms with van der Waals surface area (Å²) in [6, 6.07) is 31.4. The van der Waals surface area contributed by atoms with Crippen molar-refractivity contribution >= 4 is 46.4 Å². The van der Waals surface area contributed by atoms with Gasteiger partial charge < -0.3 is 14.7 Å². The number of hydrogen-bond donors (Lipinski definition) is 2. The van der Waals surface area contributed by atoms with Crippen molar-refractivity contribution in [2.45, 2.75) is 69.4 Å². The predicted molar refractivity (Wildman–Crippen MR) is 193 cm³/mol. The largest absolute Gasteiger partial charge is 0.424 e. The number of carbonyl (C=O) groups is 1. The lowest BCUT2D eigenvalue weighted by molar-refractivity contribution is -0.107. The Morgan fingerprint density at radius 3 is 2.24 bits per heavy atom. The van der Waals surface area contributed by atoms with Crippen LogP contribution >= 0.6 is 11.3 Å². The molecule has 1 saturated carbocycles. The molecule has 3 aromatic carbocycles. The fourth-order valence-corrected chi connectivity index (χ4v) is 12.0. The van der Waals surface area contributed by atoms with Gasteiger partial charge in [-0.2, -0.15) is 0 Å². The summed E-state index contributed by atoms with van der Waals surface area (Å²) in [7, 11) is -3.21. The normalized spacial score (nSPS) is 20.0. The number of fused-ring (bicyclic) bond motifs is 1. The Bertz CT molecular complexity index is 1550. The second-order valence-electron chi connectivity index (χ2n) is 13.1. The number of carbonyl (C=O) groups excluding carboxylic acids is 1. The van der Waals surface area contributed by atoms with Crippen LogP contribution in [0.4, 0.5) is 0 Å². The van der Waals surface area contributed by atoms with Crippen LogP contribution in [0.1, 0.15) is 63.2 Å². The van der Waals surface area contributed by atoms with Gasteiger partial charge in [-0.1, -0.05) is 129 Å². The maximum atomic E-state index is 12.9. The molecule has 2 N–H and O–H groups in total. The summed E-state index contributed by atoms with van der Waals surface area (Å²) in [5, 5.41) is 13.9. The number of benzene rings is 3. The number of unbranched alkanes of at least 4 members (excludes halogenated alkanes) is 2. The van der Waals surface area contributed by atoms with Crippen LogP contribution in [-0.2, 0) is 4.79 Å². The molecule has 5 heteroatoms. The molecule has 1 heterocycles. The minimum Gasteiger partial charge on any atom is -0.424 e. The smallest absolute Gasteiger partial charge is 0.258 e. The lowest BCUT2D eigenvalue weighted by Gasteiger charge is -2.42. The van der Waals surface area contributed by atoms with Crippen LogP contribution in [0, 0.1) is 11.8 Å². The Morgan fingerprint density at radius 2 is 1.60 bits per heavy atom. The maximum absolute atomic E-state index is 12.9. The predicted octanol–water partition coefficient (Wildman–Crippen LogP) is 8.33. The molecule has 1 aromatic heterocycles. The number of hydrogen-bond acceptors (Lipinski definition) is 4. The molecule has 0 amide bonds. The monoisotopic (exact) mass is 634 g/mol. The molecule has 0 saturated heterocycles. The zero-order chi connectivity index (χ0) is 31.9. The van der Waals surface area contributed by atoms with E-state index < -0.39 is 19.5 Å². The maximum Gasteiger partial charge on any atom is 0.258 e. The minimum atomic E-state index is -3.21. The Balaban J connectivity index is 1.50. The van der Waals surface area contributed by atoms with Gasteiger partial charge in [0, 0.05) is 27.8 Å². The minimum absolute atomic E-state index is 0.0760. The van der Waals surface area contributed by atoms with Gasteiger partial charge in [0.05, 0.1) is 6.10 Å². The fraction of sp³-hybridized carbons (Fsp3) is 0.325. The molecule has 0 bridgehead atoms. The summed E-state index contributed by atoms with van der Waals surface area (Å²) < 4.78 is 1.26. The van der Waals surface area contributed by atoms with Crippen molar-refractivity contribution in [3.8, 4) is 0 Å². The van der Waals surface area contributed by atoms with Crippen LogP contribution in [0.15, 0.2) is 127 Å². The fourth-order valence-electron chi connectivity index (χ4n) is 7.08. The second-order valence-corrected chi connectivity index (χ2v) is 18.2. The van der Waals surface area contributed by atoms with E-state index in [1.807, 2.05) is 47.7 Å². The Morgan fingerprint density at radius 1 is 0.956 bits per heavy atom. The lowest BCUT2D eigenvalue weighted by Crippen LogP contribution is -2.65. The van der Waals surface area contributed by atoms with Gasteiger partial charge in [-0.3, -0.25) is 0 Å². The molecule has 4 aromatic rings. The van der Waals surface area contributed by atoms with Gasteiger partial charge >= 0.3 is 0 Å². The van der Waals surface area contributed by atoms with E-state index in [0.717, 1.165) is 47.9 Å². The van der Waals surface area contributed by atoms with Gasteiger partial charge in [0.2, 0.25) is 0 Å². The second kappa shape index (κ2) is 14.8. The molecule has 45 heavy (non-hydrogen) atoms. The third-order valence-electron chi connectivity index (χ3n) is 9.62. The Kier molecular flexibility index (Phi) is 10.9. The first kappa shape index (κ1) is 33.0. The summed E-state index contributed by atoms with van der Waals surface area (Å²) in [6.45, 7) is 8.86. The molecule has 1 fully saturated rings. The van der Waals surface area contributed by atoms with E-state index in [2.05, 4.69) is 99.3 Å². The van der Waals surface area contributed by atoms with Gasteiger partial charge in [0.15, 0.2) is 0 Å². The van der Waals surface area contributed by atoms with E-state index in [0.29, 0.717) is 12.8 Å². The molecule has 0 radical (unpaired) electrons. The quantitative estimate of drug-likeness (QED) is 0.0635. The van der Waals surface area contributed by atoms with Gasteiger partial charge in [0.25, 0.3) is 8.32 Å². The third-order valence-corrected chi connectivity index (χ3v) is 15.4. The SMILES string of the molecule is C=C1C[C@H](O)[C@H](C/C=C\CCCC=O)[C@H]1/C=C/[C@@H](CC(C)(C)[Si](O)(c1ccccc1)c1ccccc1)c1cc2ccccc2s1. The van der Waals surface area contributed by atoms with Crippen LogP contribution in [0.2, 0.25) is 5.04 Å². The number of aliphatic hydroxyl groups excluding tert-OH is 1. The van der Waals surface area contributed by atoms with Crippen LogP contribution < -0.4 is 10.4 Å². The van der Waals surface area contributed by atoms with Crippen molar-refractivity contribution in [2.24, 2.45) is 11.8 Å². The average Bonchev–Trinajstić information content (AvgIpc) is 3.60. The van der Waals surface area contributed by atoms with E-state index in [9.17, 15) is 14.7 Å². The Labute approximate surface area is 273 Å². The van der Waals surface area contributed by atoms with Gasteiger partial charge in [0.1, 0.15) is 6.29 Å². The highest BCUT2D eigenvalue weighted by Crippen LogP contribution is 2.47. The van der Waals surface area contributed by atoms with Crippen LogP contribution in [0.25, 0.3) is 10.1 Å². The number of aldehydes is 1. The molecule has 1 aliphatic rings. The third kappa shape index (κ3) is 7.39. The number of allylic oxidation sites excluding steroid dienone is 4. The standard InChI is InChI=1S/C40H46O3SSi/c1-30-27-37(42)36(22-13-5-4-6-16-26-41)35(30)25-24-32(39-28-31-17-14-15-23-38(31)44-39)29-40(2,3)45(43,33-18-9-7-10-19-33)34-20-11-8-12-21-34/h5,7-15,17-21,23-26,28,32,35-37,42-43H,1,4,6,16,22,27,29H2,2-3H3/b13-5-,25-24+/t32-,35-,36+,37-/m0/s1. The number of aliphatic hydroxyl groups is 1. The first-order valence-electron chi connectivity index (χ1n) is 16.2. The van der Waals surface area contributed by atoms with Crippen molar-refractivity contribution in [3.63, 3.8) is 0 Å². The summed E-state index contributed by atoms with van der Waals surface area (Å²) >= 11 is 1.83. The van der Waals surface area contributed by atoms with Crippen LogP contribution in [-0.4, -0.2) is 30.6 Å². The van der Waals surface area contributed by atoms with Crippen molar-refractivity contribution in [2.75, 3.05) is 0 Å². The molecule has 4 atom stereocenters. The summed E-state index contributed by atoms with van der Waals surface area (Å²) in [4.78, 5) is 24.9. The molecule has 5 rings (SSSR count). The molecule has 1 aliphatic carbocycles. The van der Waals surface area contributed by atoms with E-state index in [4.69, 9.17) is 0 Å². The first-order valence-corrected chi connectivity index (χ1v) is 19.0. The molecular weight excluding hydrogens is 589 g/mol. The van der Waals surface area contributed by atoms with Crippen molar-refractivity contribution in [1.29, 1.82) is 0 Å². The van der Waals surface area contributed by atoms with E-state index in [1.54, 1.807) is 0 Å². The topological polar surface area (TPSA) is 57.5 Å². The van der Waals surface area contributed by atoms with Crippen molar-refractivity contribution in [3.05, 3.63) is 132 Å². The molecule has 0 aliphatic heterocycles. The van der Waals surface area contributed by atoms with E-state index >= 15 is 0 Å². The zero-order valence-corrected chi connectivity index (χ0v) is 28.3. The summed E-state index contributed by atoms with van der Waals surface area (Å²) in [5.41, 5.74) is 1.08. The van der Waals surface area contributed by atoms with Crippen molar-refractivity contribution in [1.82, 2.24) is 0 Å². The molecule has 0 spiro atoms. The highest BCUT2D eigenvalue weighted by atomic mass is 32.1. The Hall–Kier alpha value is -3.35. The van der Waals surface area contributed by atoms with Gasteiger partial charge in [-0.15, -0.1) is 11.3 Å². The zero-order valence-electron chi connectivity index (χ0n) is 26.5.